The molecule has 3 aromatic carbocycles. The fourth-order valence-corrected chi connectivity index (χ4v) is 3.47. The van der Waals surface area contributed by atoms with Gasteiger partial charge in [-0.25, -0.2) is 15.0 Å². The van der Waals surface area contributed by atoms with Gasteiger partial charge in [-0.2, -0.15) is 5.10 Å². The van der Waals surface area contributed by atoms with E-state index in [0.29, 0.717) is 5.95 Å². The lowest BCUT2D eigenvalue weighted by Crippen LogP contribution is -2.16. The Bertz CT molecular complexity index is 1100. The highest BCUT2D eigenvalue weighted by atomic mass is 127. The van der Waals surface area contributed by atoms with Crippen LogP contribution in [0.4, 0.5) is 5.95 Å². The monoisotopic (exact) mass is 504 g/mol. The van der Waals surface area contributed by atoms with Gasteiger partial charge in [-0.1, -0.05) is 72.8 Å². The molecule has 0 aliphatic heterocycles. The summed E-state index contributed by atoms with van der Waals surface area (Å²) in [4.78, 5) is 9.59. The van der Waals surface area contributed by atoms with E-state index in [1.54, 1.807) is 5.01 Å². The van der Waals surface area contributed by atoms with Crippen LogP contribution in [0.5, 0.6) is 0 Å². The lowest BCUT2D eigenvalue weighted by Gasteiger charge is -2.15. The van der Waals surface area contributed by atoms with Gasteiger partial charge in [0, 0.05) is 21.7 Å². The van der Waals surface area contributed by atoms with E-state index < -0.39 is 0 Å². The highest BCUT2D eigenvalue weighted by molar-refractivity contribution is 14.1. The summed E-state index contributed by atoms with van der Waals surface area (Å²) in [5, 5.41) is 6.48. The van der Waals surface area contributed by atoms with Gasteiger partial charge in [0.15, 0.2) is 0 Å². The predicted octanol–water partition coefficient (Wildman–Crippen LogP) is 6.28. The zero-order valence-corrected chi connectivity index (χ0v) is 19.0. The summed E-state index contributed by atoms with van der Waals surface area (Å²) < 4.78 is 1.20. The SMILES string of the molecule is CC(=NN(C)c1nc(-c2ccccc2)cc(-c2ccccc2)n1)c1ccc(I)cc1. The van der Waals surface area contributed by atoms with Crippen molar-refractivity contribution in [1.82, 2.24) is 9.97 Å². The van der Waals surface area contributed by atoms with Crippen LogP contribution in [0.1, 0.15) is 12.5 Å². The van der Waals surface area contributed by atoms with Crippen molar-refractivity contribution in [3.8, 4) is 22.5 Å². The van der Waals surface area contributed by atoms with E-state index >= 15 is 0 Å². The maximum absolute atomic E-state index is 4.80. The minimum Gasteiger partial charge on any atom is -0.235 e. The molecule has 1 heterocycles. The fourth-order valence-electron chi connectivity index (χ4n) is 3.11. The van der Waals surface area contributed by atoms with E-state index in [-0.39, 0.29) is 0 Å². The van der Waals surface area contributed by atoms with Crippen LogP contribution < -0.4 is 5.01 Å². The largest absolute Gasteiger partial charge is 0.247 e. The number of hydrogen-bond acceptors (Lipinski definition) is 4. The minimum absolute atomic E-state index is 0.556. The second-order valence-electron chi connectivity index (χ2n) is 6.89. The number of halogens is 1. The summed E-state index contributed by atoms with van der Waals surface area (Å²) in [5.41, 5.74) is 5.81. The lowest BCUT2D eigenvalue weighted by atomic mass is 10.1. The fraction of sp³-hybridized carbons (Fsp3) is 0.0800. The summed E-state index contributed by atoms with van der Waals surface area (Å²) in [6.07, 6.45) is 0. The third-order valence-corrected chi connectivity index (χ3v) is 5.42. The molecule has 0 aliphatic rings. The normalized spacial score (nSPS) is 11.4. The summed E-state index contributed by atoms with van der Waals surface area (Å²) in [5.74, 6) is 0.556. The van der Waals surface area contributed by atoms with E-state index in [1.165, 1.54) is 3.57 Å². The smallest absolute Gasteiger partial charge is 0.235 e. The van der Waals surface area contributed by atoms with Crippen molar-refractivity contribution in [3.05, 3.63) is 100 Å². The number of anilines is 1. The first-order chi connectivity index (χ1) is 14.6. The lowest BCUT2D eigenvalue weighted by molar-refractivity contribution is 0.932. The molecule has 4 rings (SSSR count). The Morgan fingerprint density at radius 1 is 0.767 bits per heavy atom. The molecule has 0 radical (unpaired) electrons. The van der Waals surface area contributed by atoms with Crippen LogP contribution in [-0.4, -0.2) is 22.7 Å². The molecule has 5 heteroatoms. The number of aromatic nitrogens is 2. The van der Waals surface area contributed by atoms with Gasteiger partial charge in [0.1, 0.15) is 0 Å². The van der Waals surface area contributed by atoms with E-state index in [2.05, 4.69) is 71.1 Å². The Labute approximate surface area is 190 Å². The van der Waals surface area contributed by atoms with E-state index in [0.717, 1.165) is 33.8 Å². The molecule has 0 unspecified atom stereocenters. The van der Waals surface area contributed by atoms with Crippen LogP contribution in [0.25, 0.3) is 22.5 Å². The van der Waals surface area contributed by atoms with Crippen LogP contribution in [0.2, 0.25) is 0 Å². The Morgan fingerprint density at radius 3 is 1.77 bits per heavy atom. The van der Waals surface area contributed by atoms with Gasteiger partial charge in [0.2, 0.25) is 5.95 Å². The molecule has 0 atom stereocenters. The molecule has 0 fully saturated rings. The molecule has 0 spiro atoms. The second kappa shape index (κ2) is 9.17. The number of benzene rings is 3. The van der Waals surface area contributed by atoms with Crippen molar-refractivity contribution < 1.29 is 0 Å². The molecular formula is C25H21IN4. The van der Waals surface area contributed by atoms with Gasteiger partial charge in [-0.05, 0) is 53.3 Å². The van der Waals surface area contributed by atoms with Crippen LogP contribution in [-0.2, 0) is 0 Å². The van der Waals surface area contributed by atoms with Gasteiger partial charge < -0.3 is 0 Å². The third-order valence-electron chi connectivity index (χ3n) is 4.70. The van der Waals surface area contributed by atoms with Crippen molar-refractivity contribution in [2.45, 2.75) is 6.92 Å². The van der Waals surface area contributed by atoms with Crippen molar-refractivity contribution >= 4 is 34.3 Å². The van der Waals surface area contributed by atoms with Crippen molar-refractivity contribution in [2.24, 2.45) is 5.10 Å². The second-order valence-corrected chi connectivity index (χ2v) is 8.13. The van der Waals surface area contributed by atoms with Crippen LogP contribution in [0.3, 0.4) is 0 Å². The van der Waals surface area contributed by atoms with Crippen LogP contribution >= 0.6 is 22.6 Å². The average molecular weight is 504 g/mol. The van der Waals surface area contributed by atoms with E-state index in [9.17, 15) is 0 Å². The quantitative estimate of drug-likeness (QED) is 0.183. The zero-order chi connectivity index (χ0) is 20.9. The van der Waals surface area contributed by atoms with Crippen LogP contribution in [0, 0.1) is 3.57 Å². The highest BCUT2D eigenvalue weighted by Crippen LogP contribution is 2.26. The molecule has 4 aromatic rings. The molecule has 148 valence electrons. The van der Waals surface area contributed by atoms with Gasteiger partial charge in [0.25, 0.3) is 0 Å². The predicted molar refractivity (Wildman–Crippen MR) is 133 cm³/mol. The van der Waals surface area contributed by atoms with Gasteiger partial charge >= 0.3 is 0 Å². The molecule has 1 aromatic heterocycles. The Balaban J connectivity index is 1.76. The van der Waals surface area contributed by atoms with Crippen LogP contribution in [0.15, 0.2) is 96.1 Å². The first kappa shape index (κ1) is 20.2. The van der Waals surface area contributed by atoms with Gasteiger partial charge in [-0.3, -0.25) is 0 Å². The molecule has 0 amide bonds. The molecule has 4 nitrogen and oxygen atoms in total. The number of hydrogen-bond donors (Lipinski definition) is 0. The third kappa shape index (κ3) is 4.74. The topological polar surface area (TPSA) is 41.4 Å². The summed E-state index contributed by atoms with van der Waals surface area (Å²) in [6, 6.07) is 30.6. The average Bonchev–Trinajstić information content (AvgIpc) is 2.80. The maximum atomic E-state index is 4.80. The zero-order valence-electron chi connectivity index (χ0n) is 16.8. The highest BCUT2D eigenvalue weighted by Gasteiger charge is 2.12. The van der Waals surface area contributed by atoms with Gasteiger partial charge in [0.05, 0.1) is 17.1 Å². The molecular weight excluding hydrogens is 483 g/mol. The Kier molecular flexibility index (Phi) is 6.18. The van der Waals surface area contributed by atoms with Crippen molar-refractivity contribution in [2.75, 3.05) is 12.1 Å². The molecule has 0 N–H and O–H groups in total. The molecule has 0 saturated carbocycles. The summed E-state index contributed by atoms with van der Waals surface area (Å²) in [7, 11) is 1.88. The van der Waals surface area contributed by atoms with Crippen molar-refractivity contribution in [1.29, 1.82) is 0 Å². The molecule has 0 aliphatic carbocycles. The summed E-state index contributed by atoms with van der Waals surface area (Å²) in [6.45, 7) is 2.00. The van der Waals surface area contributed by atoms with Crippen molar-refractivity contribution in [3.63, 3.8) is 0 Å². The number of rotatable bonds is 5. The standard InChI is InChI=1S/C25H21IN4/c1-18(19-13-15-22(26)16-14-19)29-30(2)25-27-23(20-9-5-3-6-10-20)17-24(28-25)21-11-7-4-8-12-21/h3-17H,1-2H3. The van der Waals surface area contributed by atoms with Gasteiger partial charge in [-0.15, -0.1) is 0 Å². The minimum atomic E-state index is 0.556. The van der Waals surface area contributed by atoms with E-state index in [4.69, 9.17) is 15.1 Å². The Morgan fingerprint density at radius 2 is 1.27 bits per heavy atom. The number of hydrazone groups is 1. The maximum Gasteiger partial charge on any atom is 0.247 e. The first-order valence-electron chi connectivity index (χ1n) is 9.65. The summed E-state index contributed by atoms with van der Waals surface area (Å²) >= 11 is 2.30. The Hall–Kier alpha value is -3.06. The first-order valence-corrected chi connectivity index (χ1v) is 10.7. The number of nitrogens with zero attached hydrogens (tertiary/aromatic N) is 4. The molecule has 0 saturated heterocycles. The van der Waals surface area contributed by atoms with E-state index in [1.807, 2.05) is 56.4 Å². The molecule has 0 bridgehead atoms. The molecule has 30 heavy (non-hydrogen) atoms.